The highest BCUT2D eigenvalue weighted by molar-refractivity contribution is 8.02. The molecular weight excluding hydrogens is 342 g/mol. The zero-order valence-electron chi connectivity index (χ0n) is 12.9. The second kappa shape index (κ2) is 7.46. The summed E-state index contributed by atoms with van der Waals surface area (Å²) < 4.78 is 1.92. The molecule has 2 aromatic carbocycles. The van der Waals surface area contributed by atoms with Gasteiger partial charge in [-0.3, -0.25) is 20.4 Å². The van der Waals surface area contributed by atoms with Gasteiger partial charge in [-0.1, -0.05) is 42.1 Å². The van der Waals surface area contributed by atoms with E-state index < -0.39 is 0 Å². The summed E-state index contributed by atoms with van der Waals surface area (Å²) in [4.78, 5) is 28.5. The maximum absolute atomic E-state index is 12.1. The lowest BCUT2D eigenvalue weighted by Gasteiger charge is -2.11. The van der Waals surface area contributed by atoms with Gasteiger partial charge in [0.25, 0.3) is 11.8 Å². The number of thiazole rings is 1. The SMILES string of the molecule is C[C@H](Sc1nc2ccccc2s1)C(=O)NNC(=O)c1ccccc1. The normalized spacial score (nSPS) is 11.9. The quantitative estimate of drug-likeness (QED) is 0.555. The molecule has 0 bridgehead atoms. The lowest BCUT2D eigenvalue weighted by Crippen LogP contribution is -2.44. The van der Waals surface area contributed by atoms with Crippen LogP contribution in [0.1, 0.15) is 17.3 Å². The van der Waals surface area contributed by atoms with Gasteiger partial charge in [0.2, 0.25) is 0 Å². The summed E-state index contributed by atoms with van der Waals surface area (Å²) in [5.41, 5.74) is 6.29. The Balaban J connectivity index is 1.55. The number of nitrogens with one attached hydrogen (secondary N) is 2. The third-order valence-electron chi connectivity index (χ3n) is 3.26. The van der Waals surface area contributed by atoms with Crippen LogP contribution in [0.5, 0.6) is 0 Å². The number of thioether (sulfide) groups is 1. The number of benzene rings is 2. The highest BCUT2D eigenvalue weighted by Crippen LogP contribution is 2.31. The van der Waals surface area contributed by atoms with Crippen molar-refractivity contribution in [3.05, 3.63) is 60.2 Å². The molecule has 24 heavy (non-hydrogen) atoms. The first-order valence-electron chi connectivity index (χ1n) is 7.31. The minimum Gasteiger partial charge on any atom is -0.272 e. The Labute approximate surface area is 147 Å². The molecule has 1 aromatic heterocycles. The first-order valence-corrected chi connectivity index (χ1v) is 9.00. The van der Waals surface area contributed by atoms with Crippen LogP contribution in [0.2, 0.25) is 0 Å². The fourth-order valence-corrected chi connectivity index (χ4v) is 4.20. The van der Waals surface area contributed by atoms with E-state index in [1.54, 1.807) is 42.5 Å². The molecule has 1 heterocycles. The van der Waals surface area contributed by atoms with Gasteiger partial charge in [-0.15, -0.1) is 11.3 Å². The van der Waals surface area contributed by atoms with Crippen molar-refractivity contribution in [1.82, 2.24) is 15.8 Å². The van der Waals surface area contributed by atoms with Gasteiger partial charge in [0.05, 0.1) is 15.5 Å². The molecule has 0 aliphatic carbocycles. The zero-order valence-corrected chi connectivity index (χ0v) is 14.5. The van der Waals surface area contributed by atoms with Crippen molar-refractivity contribution >= 4 is 45.1 Å². The van der Waals surface area contributed by atoms with Crippen LogP contribution in [-0.4, -0.2) is 22.0 Å². The number of carbonyl (C=O) groups excluding carboxylic acids is 2. The lowest BCUT2D eigenvalue weighted by atomic mass is 10.2. The number of carbonyl (C=O) groups is 2. The second-order valence-corrected chi connectivity index (χ2v) is 7.64. The molecule has 3 aromatic rings. The van der Waals surface area contributed by atoms with E-state index in [0.717, 1.165) is 14.6 Å². The maximum Gasteiger partial charge on any atom is 0.269 e. The Morgan fingerprint density at radius 2 is 1.75 bits per heavy atom. The Hall–Kier alpha value is -2.38. The first kappa shape index (κ1) is 16.5. The van der Waals surface area contributed by atoms with Gasteiger partial charge >= 0.3 is 0 Å². The predicted molar refractivity (Wildman–Crippen MR) is 97.0 cm³/mol. The van der Waals surface area contributed by atoms with Gasteiger partial charge in [0, 0.05) is 5.56 Å². The van der Waals surface area contributed by atoms with Gasteiger partial charge in [-0.25, -0.2) is 4.98 Å². The summed E-state index contributed by atoms with van der Waals surface area (Å²) in [5, 5.41) is -0.373. The van der Waals surface area contributed by atoms with Crippen LogP contribution in [0.3, 0.4) is 0 Å². The van der Waals surface area contributed by atoms with Crippen molar-refractivity contribution in [2.24, 2.45) is 0 Å². The van der Waals surface area contributed by atoms with Crippen LogP contribution in [0.4, 0.5) is 0 Å². The molecular formula is C17H15N3O2S2. The smallest absolute Gasteiger partial charge is 0.269 e. The third-order valence-corrected chi connectivity index (χ3v) is 5.49. The number of hydrogen-bond donors (Lipinski definition) is 2. The van der Waals surface area contributed by atoms with Gasteiger partial charge in [-0.05, 0) is 31.2 Å². The van der Waals surface area contributed by atoms with E-state index in [2.05, 4.69) is 15.8 Å². The molecule has 0 unspecified atom stereocenters. The predicted octanol–water partition coefficient (Wildman–Crippen LogP) is 3.24. The fourth-order valence-electron chi connectivity index (χ4n) is 1.99. The second-order valence-electron chi connectivity index (χ2n) is 5.02. The van der Waals surface area contributed by atoms with Crippen LogP contribution < -0.4 is 10.9 Å². The minimum atomic E-state index is -0.373. The van der Waals surface area contributed by atoms with Crippen LogP contribution in [0.15, 0.2) is 58.9 Å². The average molecular weight is 357 g/mol. The molecule has 2 amide bonds. The maximum atomic E-state index is 12.1. The zero-order chi connectivity index (χ0) is 16.9. The Morgan fingerprint density at radius 1 is 1.04 bits per heavy atom. The molecule has 1 atom stereocenters. The third kappa shape index (κ3) is 3.93. The number of hydrazine groups is 1. The Bertz CT molecular complexity index is 831. The first-order chi connectivity index (χ1) is 11.6. The van der Waals surface area contributed by atoms with Crippen molar-refractivity contribution in [1.29, 1.82) is 0 Å². The molecule has 0 aliphatic rings. The summed E-state index contributed by atoms with van der Waals surface area (Å²) >= 11 is 2.92. The summed E-state index contributed by atoms with van der Waals surface area (Å²) in [6, 6.07) is 16.6. The molecule has 122 valence electrons. The summed E-state index contributed by atoms with van der Waals surface area (Å²) in [7, 11) is 0. The topological polar surface area (TPSA) is 71.1 Å². The summed E-state index contributed by atoms with van der Waals surface area (Å²) in [5.74, 6) is -0.621. The molecule has 0 fully saturated rings. The number of aromatic nitrogens is 1. The highest BCUT2D eigenvalue weighted by Gasteiger charge is 2.17. The van der Waals surface area contributed by atoms with Crippen molar-refractivity contribution in [2.75, 3.05) is 0 Å². The highest BCUT2D eigenvalue weighted by atomic mass is 32.2. The van der Waals surface area contributed by atoms with Gasteiger partial charge in [-0.2, -0.15) is 0 Å². The van der Waals surface area contributed by atoms with Crippen molar-refractivity contribution in [3.63, 3.8) is 0 Å². The van der Waals surface area contributed by atoms with Crippen LogP contribution in [0, 0.1) is 0 Å². The minimum absolute atomic E-state index is 0.275. The molecule has 0 spiro atoms. The van der Waals surface area contributed by atoms with E-state index in [4.69, 9.17) is 0 Å². The lowest BCUT2D eigenvalue weighted by molar-refractivity contribution is -0.121. The van der Waals surface area contributed by atoms with E-state index in [-0.39, 0.29) is 17.1 Å². The number of fused-ring (bicyclic) bond motifs is 1. The number of rotatable bonds is 4. The van der Waals surface area contributed by atoms with Gasteiger partial charge < -0.3 is 0 Å². The van der Waals surface area contributed by atoms with Crippen LogP contribution in [-0.2, 0) is 4.79 Å². The standard InChI is InChI=1S/C17H15N3O2S2/c1-11(23-17-18-13-9-5-6-10-14(13)24-17)15(21)19-20-16(22)12-7-3-2-4-8-12/h2-11H,1H3,(H,19,21)(H,20,22)/t11-/m0/s1. The molecule has 0 aliphatic heterocycles. The van der Waals surface area contributed by atoms with Crippen LogP contribution in [0.25, 0.3) is 10.2 Å². The summed E-state index contributed by atoms with van der Waals surface area (Å²) in [6.07, 6.45) is 0. The van der Waals surface area contributed by atoms with E-state index in [9.17, 15) is 9.59 Å². The molecule has 2 N–H and O–H groups in total. The van der Waals surface area contributed by atoms with Gasteiger partial charge in [0.1, 0.15) is 0 Å². The molecule has 0 saturated heterocycles. The molecule has 7 heteroatoms. The van der Waals surface area contributed by atoms with Crippen molar-refractivity contribution in [3.8, 4) is 0 Å². The van der Waals surface area contributed by atoms with E-state index >= 15 is 0 Å². The molecule has 3 rings (SSSR count). The summed E-state index contributed by atoms with van der Waals surface area (Å²) in [6.45, 7) is 1.78. The van der Waals surface area contributed by atoms with Crippen molar-refractivity contribution in [2.45, 2.75) is 16.5 Å². The number of nitrogens with zero attached hydrogens (tertiary/aromatic N) is 1. The van der Waals surface area contributed by atoms with E-state index in [0.29, 0.717) is 5.56 Å². The Kier molecular flexibility index (Phi) is 5.12. The van der Waals surface area contributed by atoms with Crippen molar-refractivity contribution < 1.29 is 9.59 Å². The molecule has 0 saturated carbocycles. The number of para-hydroxylation sites is 1. The largest absolute Gasteiger partial charge is 0.272 e. The average Bonchev–Trinajstić information content (AvgIpc) is 3.02. The van der Waals surface area contributed by atoms with E-state index in [1.165, 1.54) is 11.8 Å². The molecule has 5 nitrogen and oxygen atoms in total. The fraction of sp³-hybridized carbons (Fsp3) is 0.118. The van der Waals surface area contributed by atoms with Gasteiger partial charge in [0.15, 0.2) is 4.34 Å². The van der Waals surface area contributed by atoms with E-state index in [1.807, 2.05) is 30.3 Å². The number of amides is 2. The Morgan fingerprint density at radius 3 is 2.50 bits per heavy atom. The monoisotopic (exact) mass is 357 g/mol. The number of hydrogen-bond acceptors (Lipinski definition) is 5. The molecule has 0 radical (unpaired) electrons. The van der Waals surface area contributed by atoms with Crippen LogP contribution >= 0.6 is 23.1 Å².